The second kappa shape index (κ2) is 6.76. The van der Waals surface area contributed by atoms with Crippen molar-refractivity contribution in [3.8, 4) is 0 Å². The largest absolute Gasteiger partial charge is 0.358 e. The Morgan fingerprint density at radius 2 is 1.89 bits per heavy atom. The minimum atomic E-state index is -0.227. The van der Waals surface area contributed by atoms with Crippen molar-refractivity contribution in [1.82, 2.24) is 16.2 Å². The normalized spacial score (nSPS) is 9.44. The van der Waals surface area contributed by atoms with E-state index in [4.69, 9.17) is 12.2 Å². The first kappa shape index (κ1) is 14.2. The topological polar surface area (TPSA) is 53.2 Å². The molecule has 0 radical (unpaired) electrons. The summed E-state index contributed by atoms with van der Waals surface area (Å²) in [6.07, 6.45) is 0. The second-order valence-corrected chi connectivity index (χ2v) is 4.49. The Morgan fingerprint density at radius 3 is 2.44 bits per heavy atom. The third kappa shape index (κ3) is 4.97. The molecule has 1 rings (SSSR count). The van der Waals surface area contributed by atoms with E-state index in [0.29, 0.717) is 17.2 Å². The van der Waals surface area contributed by atoms with Crippen molar-refractivity contribution in [2.45, 2.75) is 13.8 Å². The fourth-order valence-corrected chi connectivity index (χ4v) is 1.29. The molecule has 0 bridgehead atoms. The van der Waals surface area contributed by atoms with Crippen LogP contribution in [-0.2, 0) is 0 Å². The van der Waals surface area contributed by atoms with Crippen molar-refractivity contribution in [3.05, 3.63) is 47.5 Å². The first-order valence-electron chi connectivity index (χ1n) is 5.54. The van der Waals surface area contributed by atoms with Crippen molar-refractivity contribution in [1.29, 1.82) is 0 Å². The average molecular weight is 263 g/mol. The van der Waals surface area contributed by atoms with Crippen LogP contribution in [0.25, 0.3) is 0 Å². The van der Waals surface area contributed by atoms with Gasteiger partial charge >= 0.3 is 0 Å². The van der Waals surface area contributed by atoms with Gasteiger partial charge in [0.1, 0.15) is 0 Å². The molecule has 4 nitrogen and oxygen atoms in total. The number of hydrogen-bond acceptors (Lipinski definition) is 2. The van der Waals surface area contributed by atoms with Crippen LogP contribution < -0.4 is 16.2 Å². The quantitative estimate of drug-likeness (QED) is 0.441. The minimum absolute atomic E-state index is 0.227. The lowest BCUT2D eigenvalue weighted by molar-refractivity contribution is 0.0943. The van der Waals surface area contributed by atoms with Crippen LogP contribution in [0, 0.1) is 6.92 Å². The van der Waals surface area contributed by atoms with Crippen LogP contribution in [0.1, 0.15) is 22.8 Å². The molecule has 5 heteroatoms. The molecule has 0 aliphatic rings. The molecular formula is C13H17N3OS. The fourth-order valence-electron chi connectivity index (χ4n) is 1.17. The van der Waals surface area contributed by atoms with Crippen molar-refractivity contribution in [2.24, 2.45) is 0 Å². The van der Waals surface area contributed by atoms with E-state index in [1.54, 1.807) is 12.1 Å². The lowest BCUT2D eigenvalue weighted by Gasteiger charge is -2.11. The van der Waals surface area contributed by atoms with Gasteiger partial charge in [0.25, 0.3) is 5.91 Å². The molecule has 0 aliphatic heterocycles. The molecular weight excluding hydrogens is 246 g/mol. The summed E-state index contributed by atoms with van der Waals surface area (Å²) < 4.78 is 0. The Hall–Kier alpha value is -1.88. The van der Waals surface area contributed by atoms with Crippen LogP contribution in [0.3, 0.4) is 0 Å². The van der Waals surface area contributed by atoms with Crippen molar-refractivity contribution in [3.63, 3.8) is 0 Å². The summed E-state index contributed by atoms with van der Waals surface area (Å²) in [5, 5.41) is 3.26. The Balaban J connectivity index is 2.39. The van der Waals surface area contributed by atoms with Crippen LogP contribution in [0.5, 0.6) is 0 Å². The molecule has 0 aromatic heterocycles. The summed E-state index contributed by atoms with van der Waals surface area (Å²) in [6, 6.07) is 7.28. The molecule has 0 unspecified atom stereocenters. The molecule has 0 heterocycles. The Labute approximate surface area is 112 Å². The third-order valence-corrected chi connectivity index (χ3v) is 2.40. The number of carbonyl (C=O) groups is 1. The standard InChI is InChI=1S/C13H17N3OS/c1-9(2)8-14-13(18)16-15-12(17)11-6-4-10(3)5-7-11/h4-7H,1,8H2,2-3H3,(H,15,17)(H2,14,16,18). The average Bonchev–Trinajstić information content (AvgIpc) is 2.34. The zero-order valence-corrected chi connectivity index (χ0v) is 11.4. The van der Waals surface area contributed by atoms with Gasteiger partial charge in [-0.1, -0.05) is 29.8 Å². The number of rotatable bonds is 3. The first-order chi connectivity index (χ1) is 8.49. The van der Waals surface area contributed by atoms with Gasteiger partial charge in [0, 0.05) is 12.1 Å². The van der Waals surface area contributed by atoms with Gasteiger partial charge in [-0.15, -0.1) is 0 Å². The van der Waals surface area contributed by atoms with Crippen LogP contribution in [-0.4, -0.2) is 17.6 Å². The second-order valence-electron chi connectivity index (χ2n) is 4.08. The maximum atomic E-state index is 11.7. The zero-order valence-electron chi connectivity index (χ0n) is 10.5. The monoisotopic (exact) mass is 263 g/mol. The van der Waals surface area contributed by atoms with Crippen molar-refractivity contribution in [2.75, 3.05) is 6.54 Å². The number of benzene rings is 1. The highest BCUT2D eigenvalue weighted by Gasteiger charge is 2.04. The van der Waals surface area contributed by atoms with Crippen molar-refractivity contribution < 1.29 is 4.79 Å². The summed E-state index contributed by atoms with van der Waals surface area (Å²) in [5.41, 5.74) is 7.80. The highest BCUT2D eigenvalue weighted by atomic mass is 32.1. The van der Waals surface area contributed by atoms with Crippen LogP contribution >= 0.6 is 12.2 Å². The highest BCUT2D eigenvalue weighted by molar-refractivity contribution is 7.80. The van der Waals surface area contributed by atoms with Gasteiger partial charge in [0.05, 0.1) is 0 Å². The number of hydrogen-bond donors (Lipinski definition) is 3. The first-order valence-corrected chi connectivity index (χ1v) is 5.95. The predicted octanol–water partition coefficient (Wildman–Crippen LogP) is 1.68. The SMILES string of the molecule is C=C(C)CNC(=S)NNC(=O)c1ccc(C)cc1. The summed E-state index contributed by atoms with van der Waals surface area (Å²) in [4.78, 5) is 11.7. The van der Waals surface area contributed by atoms with Crippen LogP contribution in [0.2, 0.25) is 0 Å². The predicted molar refractivity (Wildman–Crippen MR) is 77.2 cm³/mol. The number of thiocarbonyl (C=S) groups is 1. The summed E-state index contributed by atoms with van der Waals surface area (Å²) >= 11 is 4.98. The molecule has 0 saturated carbocycles. The van der Waals surface area contributed by atoms with Gasteiger partial charge in [-0.25, -0.2) is 0 Å². The van der Waals surface area contributed by atoms with Gasteiger partial charge in [0.2, 0.25) is 0 Å². The zero-order chi connectivity index (χ0) is 13.5. The number of nitrogens with one attached hydrogen (secondary N) is 3. The summed E-state index contributed by atoms with van der Waals surface area (Å²) in [6.45, 7) is 8.17. The molecule has 0 atom stereocenters. The minimum Gasteiger partial charge on any atom is -0.358 e. The van der Waals surface area contributed by atoms with E-state index < -0.39 is 0 Å². The van der Waals surface area contributed by atoms with Gasteiger partial charge in [-0.2, -0.15) is 0 Å². The lowest BCUT2D eigenvalue weighted by atomic mass is 10.1. The van der Waals surface area contributed by atoms with E-state index in [1.165, 1.54) is 0 Å². The van der Waals surface area contributed by atoms with E-state index in [9.17, 15) is 4.79 Å². The molecule has 18 heavy (non-hydrogen) atoms. The van der Waals surface area contributed by atoms with E-state index in [-0.39, 0.29) is 5.91 Å². The number of amides is 1. The molecule has 1 aromatic rings. The number of hydrazine groups is 1. The third-order valence-electron chi connectivity index (χ3n) is 2.15. The van der Waals surface area contributed by atoms with E-state index >= 15 is 0 Å². The van der Waals surface area contributed by atoms with E-state index in [0.717, 1.165) is 11.1 Å². The lowest BCUT2D eigenvalue weighted by Crippen LogP contribution is -2.47. The number of carbonyl (C=O) groups excluding carboxylic acids is 1. The molecule has 0 aliphatic carbocycles. The Morgan fingerprint density at radius 1 is 1.28 bits per heavy atom. The fraction of sp³-hybridized carbons (Fsp3) is 0.231. The van der Waals surface area contributed by atoms with Crippen molar-refractivity contribution >= 4 is 23.2 Å². The van der Waals surface area contributed by atoms with Gasteiger partial charge in [0.15, 0.2) is 5.11 Å². The van der Waals surface area contributed by atoms with Crippen LogP contribution in [0.4, 0.5) is 0 Å². The van der Waals surface area contributed by atoms with Gasteiger partial charge in [-0.3, -0.25) is 15.6 Å². The maximum absolute atomic E-state index is 11.7. The summed E-state index contributed by atoms with van der Waals surface area (Å²) in [7, 11) is 0. The van der Waals surface area contributed by atoms with E-state index in [1.807, 2.05) is 26.0 Å². The Bertz CT molecular complexity index is 454. The molecule has 96 valence electrons. The smallest absolute Gasteiger partial charge is 0.269 e. The Kier molecular flexibility index (Phi) is 5.32. The molecule has 1 amide bonds. The molecule has 1 aromatic carbocycles. The molecule has 0 fully saturated rings. The molecule has 0 saturated heterocycles. The number of aryl methyl sites for hydroxylation is 1. The van der Waals surface area contributed by atoms with Gasteiger partial charge in [-0.05, 0) is 38.2 Å². The van der Waals surface area contributed by atoms with E-state index in [2.05, 4.69) is 22.7 Å². The molecule has 0 spiro atoms. The summed E-state index contributed by atoms with van der Waals surface area (Å²) in [5.74, 6) is -0.227. The highest BCUT2D eigenvalue weighted by Crippen LogP contribution is 2.02. The molecule has 3 N–H and O–H groups in total. The maximum Gasteiger partial charge on any atom is 0.269 e. The van der Waals surface area contributed by atoms with Crippen LogP contribution in [0.15, 0.2) is 36.4 Å². The van der Waals surface area contributed by atoms with Gasteiger partial charge < -0.3 is 5.32 Å².